The van der Waals surface area contributed by atoms with Crippen molar-refractivity contribution in [3.63, 3.8) is 0 Å². The first kappa shape index (κ1) is 24.0. The number of aryl methyl sites for hydroxylation is 1. The molecule has 2 aromatic rings. The zero-order valence-electron chi connectivity index (χ0n) is 20.4. The molecule has 0 spiro atoms. The summed E-state index contributed by atoms with van der Waals surface area (Å²) >= 11 is 0. The lowest BCUT2D eigenvalue weighted by Crippen LogP contribution is -2.63. The van der Waals surface area contributed by atoms with E-state index in [0.29, 0.717) is 32.1 Å². The smallest absolute Gasteiger partial charge is 0.244 e. The first-order chi connectivity index (χ1) is 17.1. The Morgan fingerprint density at radius 3 is 2.51 bits per heavy atom. The third-order valence-corrected chi connectivity index (χ3v) is 7.75. The molecule has 2 saturated heterocycles. The molecule has 0 bridgehead atoms. The van der Waals surface area contributed by atoms with E-state index in [1.54, 1.807) is 0 Å². The van der Waals surface area contributed by atoms with Gasteiger partial charge in [0.05, 0.1) is 12.6 Å². The highest BCUT2D eigenvalue weighted by Crippen LogP contribution is 2.30. The van der Waals surface area contributed by atoms with E-state index in [2.05, 4.69) is 45.4 Å². The minimum absolute atomic E-state index is 0.00889. The molecule has 7 heteroatoms. The maximum atomic E-state index is 13.7. The topological polar surface area (TPSA) is 81.9 Å². The Morgan fingerprint density at radius 1 is 0.943 bits per heavy atom. The summed E-state index contributed by atoms with van der Waals surface area (Å²) < 4.78 is 0. The molecule has 5 rings (SSSR count). The number of piperazine rings is 1. The number of nitrogens with one attached hydrogen (secondary N) is 1. The number of nitrogens with zero attached hydrogens (tertiary/aromatic N) is 3. The summed E-state index contributed by atoms with van der Waals surface area (Å²) in [5, 5.41) is 3.32. The summed E-state index contributed by atoms with van der Waals surface area (Å²) in [4.78, 5) is 33.3. The molecule has 0 saturated carbocycles. The molecule has 186 valence electrons. The Kier molecular flexibility index (Phi) is 7.46. The maximum absolute atomic E-state index is 13.7. The van der Waals surface area contributed by atoms with Crippen LogP contribution in [0.3, 0.4) is 0 Å². The van der Waals surface area contributed by atoms with Gasteiger partial charge in [0.15, 0.2) is 0 Å². The van der Waals surface area contributed by atoms with Gasteiger partial charge in [-0.05, 0) is 48.4 Å². The summed E-state index contributed by atoms with van der Waals surface area (Å²) in [7, 11) is 0. The highest BCUT2D eigenvalue weighted by Gasteiger charge is 2.38. The molecule has 35 heavy (non-hydrogen) atoms. The van der Waals surface area contributed by atoms with Crippen molar-refractivity contribution in [2.24, 2.45) is 11.7 Å². The number of carbonyl (C=O) groups excluding carboxylic acids is 2. The van der Waals surface area contributed by atoms with Gasteiger partial charge in [0, 0.05) is 39.3 Å². The number of benzene rings is 2. The number of nitrogens with two attached hydrogens (primary N) is 1. The SMILES string of the molecule is NCC1CN(CC(=O)N2CCN(Cc3ccccc3)CC2C(=O)NC2CCCc3ccccc32)C1. The van der Waals surface area contributed by atoms with E-state index in [-0.39, 0.29) is 17.9 Å². The normalized spacial score (nSPS) is 23.4. The van der Waals surface area contributed by atoms with Crippen molar-refractivity contribution in [2.75, 3.05) is 45.8 Å². The molecule has 2 heterocycles. The Bertz CT molecular complexity index is 1020. The lowest BCUT2D eigenvalue weighted by molar-refractivity contribution is -0.146. The van der Waals surface area contributed by atoms with Crippen molar-refractivity contribution in [1.82, 2.24) is 20.0 Å². The van der Waals surface area contributed by atoms with E-state index in [9.17, 15) is 9.59 Å². The molecule has 2 unspecified atom stereocenters. The van der Waals surface area contributed by atoms with Crippen molar-refractivity contribution in [2.45, 2.75) is 37.9 Å². The predicted molar refractivity (Wildman–Crippen MR) is 136 cm³/mol. The van der Waals surface area contributed by atoms with Crippen LogP contribution >= 0.6 is 0 Å². The Hall–Kier alpha value is -2.74. The lowest BCUT2D eigenvalue weighted by Gasteiger charge is -2.44. The van der Waals surface area contributed by atoms with Crippen molar-refractivity contribution in [3.05, 3.63) is 71.3 Å². The van der Waals surface area contributed by atoms with E-state index in [1.807, 2.05) is 29.2 Å². The molecule has 3 aliphatic rings. The van der Waals surface area contributed by atoms with Crippen LogP contribution in [0.25, 0.3) is 0 Å². The van der Waals surface area contributed by atoms with Gasteiger partial charge in [-0.25, -0.2) is 0 Å². The summed E-state index contributed by atoms with van der Waals surface area (Å²) in [6, 6.07) is 18.3. The molecule has 2 amide bonds. The van der Waals surface area contributed by atoms with Crippen LogP contribution in [0.1, 0.15) is 35.6 Å². The lowest BCUT2D eigenvalue weighted by atomic mass is 9.87. The van der Waals surface area contributed by atoms with Crippen LogP contribution in [0.15, 0.2) is 54.6 Å². The summed E-state index contributed by atoms with van der Waals surface area (Å²) in [6.07, 6.45) is 3.05. The highest BCUT2D eigenvalue weighted by molar-refractivity contribution is 5.89. The number of hydrogen-bond donors (Lipinski definition) is 2. The van der Waals surface area contributed by atoms with Crippen molar-refractivity contribution in [1.29, 1.82) is 0 Å². The highest BCUT2D eigenvalue weighted by atomic mass is 16.2. The van der Waals surface area contributed by atoms with Gasteiger partial charge in [-0.2, -0.15) is 0 Å². The van der Waals surface area contributed by atoms with Gasteiger partial charge in [0.2, 0.25) is 11.8 Å². The van der Waals surface area contributed by atoms with E-state index >= 15 is 0 Å². The molecule has 2 aliphatic heterocycles. The maximum Gasteiger partial charge on any atom is 0.244 e. The third-order valence-electron chi connectivity index (χ3n) is 7.75. The summed E-state index contributed by atoms with van der Waals surface area (Å²) in [6.45, 7) is 5.43. The molecule has 2 fully saturated rings. The first-order valence-electron chi connectivity index (χ1n) is 13.0. The van der Waals surface area contributed by atoms with Crippen LogP contribution in [0.4, 0.5) is 0 Å². The zero-order valence-corrected chi connectivity index (χ0v) is 20.4. The van der Waals surface area contributed by atoms with Crippen LogP contribution in [-0.2, 0) is 22.6 Å². The molecule has 0 aromatic heterocycles. The molecule has 2 aromatic carbocycles. The second-order valence-corrected chi connectivity index (χ2v) is 10.3. The van der Waals surface area contributed by atoms with E-state index in [1.165, 1.54) is 16.7 Å². The average Bonchev–Trinajstić information content (AvgIpc) is 2.86. The number of amides is 2. The fraction of sp³-hybridized carbons (Fsp3) is 0.500. The predicted octanol–water partition coefficient (Wildman–Crippen LogP) is 1.78. The van der Waals surface area contributed by atoms with E-state index < -0.39 is 6.04 Å². The van der Waals surface area contributed by atoms with E-state index in [4.69, 9.17) is 5.73 Å². The van der Waals surface area contributed by atoms with Crippen LogP contribution in [-0.4, -0.2) is 78.4 Å². The van der Waals surface area contributed by atoms with Crippen LogP contribution in [0.2, 0.25) is 0 Å². The number of fused-ring (bicyclic) bond motifs is 1. The molecule has 2 atom stereocenters. The second kappa shape index (κ2) is 10.9. The summed E-state index contributed by atoms with van der Waals surface area (Å²) in [5.74, 6) is 0.487. The van der Waals surface area contributed by atoms with Crippen LogP contribution in [0, 0.1) is 5.92 Å². The van der Waals surface area contributed by atoms with Crippen molar-refractivity contribution in [3.8, 4) is 0 Å². The minimum Gasteiger partial charge on any atom is -0.347 e. The summed E-state index contributed by atoms with van der Waals surface area (Å²) in [5.41, 5.74) is 9.51. The largest absolute Gasteiger partial charge is 0.347 e. The molecular formula is C28H37N5O2. The number of rotatable bonds is 7. The number of carbonyl (C=O) groups is 2. The van der Waals surface area contributed by atoms with Gasteiger partial charge >= 0.3 is 0 Å². The van der Waals surface area contributed by atoms with Crippen LogP contribution < -0.4 is 11.1 Å². The molecule has 0 radical (unpaired) electrons. The zero-order chi connectivity index (χ0) is 24.2. The fourth-order valence-corrected chi connectivity index (χ4v) is 5.76. The second-order valence-electron chi connectivity index (χ2n) is 10.3. The molecule has 7 nitrogen and oxygen atoms in total. The van der Waals surface area contributed by atoms with E-state index in [0.717, 1.165) is 45.4 Å². The van der Waals surface area contributed by atoms with Gasteiger partial charge in [0.1, 0.15) is 6.04 Å². The third kappa shape index (κ3) is 5.58. The van der Waals surface area contributed by atoms with Gasteiger partial charge in [-0.1, -0.05) is 54.6 Å². The number of likely N-dealkylation sites (tertiary alicyclic amines) is 1. The van der Waals surface area contributed by atoms with Gasteiger partial charge in [-0.15, -0.1) is 0 Å². The molecule has 1 aliphatic carbocycles. The quantitative estimate of drug-likeness (QED) is 0.638. The molecular weight excluding hydrogens is 438 g/mol. The standard InChI is InChI=1S/C28H37N5O2/c29-15-22-17-32(18-22)20-27(34)33-14-13-31(16-21-7-2-1-3-8-21)19-26(33)28(35)30-25-12-6-10-23-9-4-5-11-24(23)25/h1-5,7-9,11,22,25-26H,6,10,12-20,29H2,(H,30,35). The first-order valence-corrected chi connectivity index (χ1v) is 13.0. The average molecular weight is 476 g/mol. The van der Waals surface area contributed by atoms with Crippen molar-refractivity contribution < 1.29 is 9.59 Å². The Labute approximate surface area is 208 Å². The fourth-order valence-electron chi connectivity index (χ4n) is 5.76. The van der Waals surface area contributed by atoms with Crippen molar-refractivity contribution >= 4 is 11.8 Å². The Balaban J connectivity index is 1.29. The van der Waals surface area contributed by atoms with Gasteiger partial charge < -0.3 is 16.0 Å². The minimum atomic E-state index is -0.486. The Morgan fingerprint density at radius 2 is 1.71 bits per heavy atom. The van der Waals surface area contributed by atoms with Gasteiger partial charge in [0.25, 0.3) is 0 Å². The number of hydrogen-bond acceptors (Lipinski definition) is 5. The monoisotopic (exact) mass is 475 g/mol. The molecule has 3 N–H and O–H groups in total. The van der Waals surface area contributed by atoms with Gasteiger partial charge in [-0.3, -0.25) is 19.4 Å². The van der Waals surface area contributed by atoms with Crippen LogP contribution in [0.5, 0.6) is 0 Å².